The smallest absolute Gasteiger partial charge is 0.243 e. The maximum Gasteiger partial charge on any atom is 0.243 e. The summed E-state index contributed by atoms with van der Waals surface area (Å²) in [5.41, 5.74) is 1.14. The molecule has 1 aromatic rings. The van der Waals surface area contributed by atoms with E-state index in [0.717, 1.165) is 37.4 Å². The molecule has 1 aliphatic heterocycles. The molecule has 23 heavy (non-hydrogen) atoms. The highest BCUT2D eigenvalue weighted by Crippen LogP contribution is 2.21. The van der Waals surface area contributed by atoms with Crippen molar-refractivity contribution < 1.29 is 8.42 Å². The largest absolute Gasteiger partial charge is 0.312 e. The summed E-state index contributed by atoms with van der Waals surface area (Å²) in [5.74, 6) is 0.731. The molecule has 3 rings (SSSR count). The molecule has 1 fully saturated rings. The van der Waals surface area contributed by atoms with Crippen LogP contribution in [0.25, 0.3) is 0 Å². The number of benzene rings is 1. The molecule has 0 amide bonds. The average Bonchev–Trinajstić information content (AvgIpc) is 3.12. The zero-order valence-electron chi connectivity index (χ0n) is 13.6. The van der Waals surface area contributed by atoms with Crippen molar-refractivity contribution in [2.45, 2.75) is 43.5 Å². The first-order valence-electron chi connectivity index (χ1n) is 8.61. The molecule has 0 spiro atoms. The van der Waals surface area contributed by atoms with Gasteiger partial charge in [-0.25, -0.2) is 8.42 Å². The monoisotopic (exact) mass is 334 g/mol. The van der Waals surface area contributed by atoms with E-state index in [1.807, 2.05) is 12.1 Å². The van der Waals surface area contributed by atoms with Gasteiger partial charge in [0.25, 0.3) is 0 Å². The van der Waals surface area contributed by atoms with E-state index in [0.29, 0.717) is 18.0 Å². The minimum atomic E-state index is -3.29. The standard InChI is InChI=1S/C18H26N2O2S/c21-23(22,20-12-4-5-13-20)18-10-8-17(9-11-18)15-19-14-16-6-2-1-3-7-16/h1-2,8-11,16,19H,3-7,12-15H2. The lowest BCUT2D eigenvalue weighted by atomic mass is 9.94. The van der Waals surface area contributed by atoms with Gasteiger partial charge in [0, 0.05) is 19.6 Å². The van der Waals surface area contributed by atoms with Crippen molar-refractivity contribution in [2.75, 3.05) is 19.6 Å². The quantitative estimate of drug-likeness (QED) is 0.814. The SMILES string of the molecule is O=S(=O)(c1ccc(CNCC2CC=CCC2)cc1)N1CCCC1. The van der Waals surface area contributed by atoms with E-state index >= 15 is 0 Å². The van der Waals surface area contributed by atoms with Gasteiger partial charge in [-0.05, 0) is 62.3 Å². The van der Waals surface area contributed by atoms with E-state index in [4.69, 9.17) is 0 Å². The molecule has 1 unspecified atom stereocenters. The van der Waals surface area contributed by atoms with Gasteiger partial charge >= 0.3 is 0 Å². The summed E-state index contributed by atoms with van der Waals surface area (Å²) in [5, 5.41) is 3.49. The Balaban J connectivity index is 1.53. The molecule has 2 aliphatic rings. The normalized spacial score (nSPS) is 22.5. The Labute approximate surface area is 139 Å². The summed E-state index contributed by atoms with van der Waals surface area (Å²) >= 11 is 0. The van der Waals surface area contributed by atoms with Crippen molar-refractivity contribution in [3.8, 4) is 0 Å². The summed E-state index contributed by atoms with van der Waals surface area (Å²) in [6.07, 6.45) is 10.1. The summed E-state index contributed by atoms with van der Waals surface area (Å²) in [6, 6.07) is 7.34. The summed E-state index contributed by atoms with van der Waals surface area (Å²) in [4.78, 5) is 0.417. The number of allylic oxidation sites excluding steroid dienone is 2. The Morgan fingerprint density at radius 2 is 1.83 bits per heavy atom. The van der Waals surface area contributed by atoms with Crippen LogP contribution in [0.15, 0.2) is 41.3 Å². The van der Waals surface area contributed by atoms with Crippen LogP contribution in [-0.4, -0.2) is 32.4 Å². The molecule has 1 atom stereocenters. The number of rotatable bonds is 6. The van der Waals surface area contributed by atoms with E-state index in [1.165, 1.54) is 19.3 Å². The van der Waals surface area contributed by atoms with Crippen LogP contribution < -0.4 is 5.32 Å². The molecular formula is C18H26N2O2S. The van der Waals surface area contributed by atoms with E-state index in [-0.39, 0.29) is 0 Å². The molecule has 126 valence electrons. The topological polar surface area (TPSA) is 49.4 Å². The first-order chi connectivity index (χ1) is 11.2. The van der Waals surface area contributed by atoms with E-state index < -0.39 is 10.0 Å². The fourth-order valence-electron chi connectivity index (χ4n) is 3.32. The lowest BCUT2D eigenvalue weighted by Crippen LogP contribution is -2.27. The highest BCUT2D eigenvalue weighted by molar-refractivity contribution is 7.89. The van der Waals surface area contributed by atoms with Crippen molar-refractivity contribution in [1.82, 2.24) is 9.62 Å². The second kappa shape index (κ2) is 7.60. The van der Waals surface area contributed by atoms with Gasteiger partial charge in [-0.15, -0.1) is 0 Å². The second-order valence-corrected chi connectivity index (χ2v) is 8.47. The third-order valence-electron chi connectivity index (χ3n) is 4.77. The van der Waals surface area contributed by atoms with Crippen LogP contribution in [0.5, 0.6) is 0 Å². The number of nitrogens with one attached hydrogen (secondary N) is 1. The summed E-state index contributed by atoms with van der Waals surface area (Å²) in [6.45, 7) is 3.13. The Morgan fingerprint density at radius 3 is 2.48 bits per heavy atom. The van der Waals surface area contributed by atoms with Crippen molar-refractivity contribution in [3.63, 3.8) is 0 Å². The number of hydrogen-bond acceptors (Lipinski definition) is 3. The van der Waals surface area contributed by atoms with Crippen LogP contribution in [0.3, 0.4) is 0 Å². The fourth-order valence-corrected chi connectivity index (χ4v) is 4.84. The highest BCUT2D eigenvalue weighted by atomic mass is 32.2. The molecule has 1 aromatic carbocycles. The molecule has 0 radical (unpaired) electrons. The fraction of sp³-hybridized carbons (Fsp3) is 0.556. The average molecular weight is 334 g/mol. The van der Waals surface area contributed by atoms with E-state index in [1.54, 1.807) is 16.4 Å². The van der Waals surface area contributed by atoms with Crippen molar-refractivity contribution in [2.24, 2.45) is 5.92 Å². The Hall–Kier alpha value is -1.17. The van der Waals surface area contributed by atoms with Gasteiger partial charge in [0.15, 0.2) is 0 Å². The van der Waals surface area contributed by atoms with Gasteiger partial charge in [0.05, 0.1) is 4.90 Å². The predicted octanol–water partition coefficient (Wildman–Crippen LogP) is 2.92. The van der Waals surface area contributed by atoms with Gasteiger partial charge in [-0.3, -0.25) is 0 Å². The van der Waals surface area contributed by atoms with Gasteiger partial charge < -0.3 is 5.32 Å². The van der Waals surface area contributed by atoms with Crippen molar-refractivity contribution in [1.29, 1.82) is 0 Å². The molecule has 1 saturated heterocycles. The lowest BCUT2D eigenvalue weighted by Gasteiger charge is -2.18. The molecule has 0 bridgehead atoms. The minimum absolute atomic E-state index is 0.417. The van der Waals surface area contributed by atoms with E-state index in [2.05, 4.69) is 17.5 Å². The number of nitrogens with zero attached hydrogens (tertiary/aromatic N) is 1. The van der Waals surface area contributed by atoms with Crippen LogP contribution in [0, 0.1) is 5.92 Å². The Kier molecular flexibility index (Phi) is 5.51. The lowest BCUT2D eigenvalue weighted by molar-refractivity contribution is 0.440. The zero-order chi connectivity index (χ0) is 16.1. The first-order valence-corrected chi connectivity index (χ1v) is 10.0. The molecule has 1 N–H and O–H groups in total. The molecule has 1 aliphatic carbocycles. The van der Waals surface area contributed by atoms with Crippen molar-refractivity contribution in [3.05, 3.63) is 42.0 Å². The molecular weight excluding hydrogens is 308 g/mol. The van der Waals surface area contributed by atoms with Gasteiger partial charge in [-0.2, -0.15) is 4.31 Å². The zero-order valence-corrected chi connectivity index (χ0v) is 14.4. The second-order valence-electron chi connectivity index (χ2n) is 6.54. The van der Waals surface area contributed by atoms with Gasteiger partial charge in [0.2, 0.25) is 10.0 Å². The molecule has 1 heterocycles. The molecule has 4 nitrogen and oxygen atoms in total. The maximum absolute atomic E-state index is 12.5. The van der Waals surface area contributed by atoms with Crippen LogP contribution in [0.2, 0.25) is 0 Å². The molecule has 0 aromatic heterocycles. The molecule has 0 saturated carbocycles. The minimum Gasteiger partial charge on any atom is -0.312 e. The summed E-state index contributed by atoms with van der Waals surface area (Å²) in [7, 11) is -3.29. The Bertz CT molecular complexity index is 631. The molecule has 5 heteroatoms. The van der Waals surface area contributed by atoms with Crippen LogP contribution >= 0.6 is 0 Å². The Morgan fingerprint density at radius 1 is 1.09 bits per heavy atom. The van der Waals surface area contributed by atoms with Crippen LogP contribution in [-0.2, 0) is 16.6 Å². The third kappa shape index (κ3) is 4.22. The first kappa shape index (κ1) is 16.7. The van der Waals surface area contributed by atoms with Gasteiger partial charge in [-0.1, -0.05) is 24.3 Å². The third-order valence-corrected chi connectivity index (χ3v) is 6.68. The van der Waals surface area contributed by atoms with Crippen molar-refractivity contribution >= 4 is 10.0 Å². The van der Waals surface area contributed by atoms with Gasteiger partial charge in [0.1, 0.15) is 0 Å². The number of sulfonamides is 1. The predicted molar refractivity (Wildman–Crippen MR) is 92.6 cm³/mol. The number of hydrogen-bond donors (Lipinski definition) is 1. The highest BCUT2D eigenvalue weighted by Gasteiger charge is 2.26. The van der Waals surface area contributed by atoms with Crippen LogP contribution in [0.4, 0.5) is 0 Å². The van der Waals surface area contributed by atoms with Crippen LogP contribution in [0.1, 0.15) is 37.7 Å². The van der Waals surface area contributed by atoms with E-state index in [9.17, 15) is 8.42 Å². The summed E-state index contributed by atoms with van der Waals surface area (Å²) < 4.78 is 26.5. The maximum atomic E-state index is 12.5.